The third-order valence-corrected chi connectivity index (χ3v) is 1.81. The summed E-state index contributed by atoms with van der Waals surface area (Å²) in [5.74, 6) is -0.909. The number of nitro benzene ring substituents is 1. The standard InChI is InChI=1S/C9H5FN2O3/c10-9-4-7(12(14)15)3-6(5-13)8(9)1-2-11/h3-5H,1H2. The van der Waals surface area contributed by atoms with Gasteiger partial charge in [0.2, 0.25) is 0 Å². The lowest BCUT2D eigenvalue weighted by molar-refractivity contribution is -0.385. The number of nitrogens with zero attached hydrogens (tertiary/aromatic N) is 2. The van der Waals surface area contributed by atoms with Gasteiger partial charge in [-0.05, 0) is 0 Å². The van der Waals surface area contributed by atoms with Crippen LogP contribution in [-0.4, -0.2) is 11.2 Å². The number of hydrogen-bond acceptors (Lipinski definition) is 4. The minimum Gasteiger partial charge on any atom is -0.298 e. The van der Waals surface area contributed by atoms with Crippen LogP contribution < -0.4 is 0 Å². The van der Waals surface area contributed by atoms with Gasteiger partial charge in [0.05, 0.1) is 23.5 Å². The van der Waals surface area contributed by atoms with Crippen molar-refractivity contribution < 1.29 is 14.1 Å². The Labute approximate surface area is 83.9 Å². The maximum absolute atomic E-state index is 13.2. The molecule has 0 unspecified atom stereocenters. The topological polar surface area (TPSA) is 84.0 Å². The number of non-ortho nitro benzene ring substituents is 1. The lowest BCUT2D eigenvalue weighted by Gasteiger charge is -2.01. The highest BCUT2D eigenvalue weighted by Crippen LogP contribution is 2.20. The van der Waals surface area contributed by atoms with Gasteiger partial charge < -0.3 is 0 Å². The highest BCUT2D eigenvalue weighted by molar-refractivity contribution is 5.79. The lowest BCUT2D eigenvalue weighted by atomic mass is 10.0. The molecule has 6 heteroatoms. The van der Waals surface area contributed by atoms with Gasteiger partial charge in [-0.15, -0.1) is 0 Å². The number of halogens is 1. The zero-order chi connectivity index (χ0) is 11.4. The van der Waals surface area contributed by atoms with Crippen molar-refractivity contribution in [3.05, 3.63) is 39.2 Å². The Morgan fingerprint density at radius 1 is 1.60 bits per heavy atom. The highest BCUT2D eigenvalue weighted by atomic mass is 19.1. The van der Waals surface area contributed by atoms with E-state index in [9.17, 15) is 19.3 Å². The second-order valence-electron chi connectivity index (χ2n) is 2.71. The Kier molecular flexibility index (Phi) is 3.08. The van der Waals surface area contributed by atoms with Crippen molar-refractivity contribution in [2.24, 2.45) is 0 Å². The fourth-order valence-electron chi connectivity index (χ4n) is 1.12. The van der Waals surface area contributed by atoms with Crippen LogP contribution >= 0.6 is 0 Å². The van der Waals surface area contributed by atoms with E-state index in [1.54, 1.807) is 6.07 Å². The molecule has 0 saturated heterocycles. The second kappa shape index (κ2) is 4.28. The van der Waals surface area contributed by atoms with Gasteiger partial charge in [-0.2, -0.15) is 5.26 Å². The SMILES string of the molecule is N#CCc1c(F)cc([N+](=O)[O-])cc1C=O. The molecule has 0 atom stereocenters. The number of hydrogen-bond donors (Lipinski definition) is 0. The first-order chi connectivity index (χ1) is 7.10. The molecule has 0 N–H and O–H groups in total. The summed E-state index contributed by atoms with van der Waals surface area (Å²) in [5, 5.41) is 18.7. The summed E-state index contributed by atoms with van der Waals surface area (Å²) < 4.78 is 13.2. The average molecular weight is 208 g/mol. The minimum absolute atomic E-state index is 0.113. The van der Waals surface area contributed by atoms with Crippen LogP contribution in [0.4, 0.5) is 10.1 Å². The van der Waals surface area contributed by atoms with E-state index in [-0.39, 0.29) is 17.5 Å². The molecule has 0 fully saturated rings. The van der Waals surface area contributed by atoms with Crippen LogP contribution in [0.2, 0.25) is 0 Å². The van der Waals surface area contributed by atoms with Crippen molar-refractivity contribution in [1.82, 2.24) is 0 Å². The summed E-state index contributed by atoms with van der Waals surface area (Å²) in [6, 6.07) is 3.32. The molecule has 1 aromatic rings. The Balaban J connectivity index is 3.38. The first kappa shape index (κ1) is 10.8. The van der Waals surface area contributed by atoms with Crippen molar-refractivity contribution in [3.8, 4) is 6.07 Å². The lowest BCUT2D eigenvalue weighted by Crippen LogP contribution is -1.99. The number of rotatable bonds is 3. The van der Waals surface area contributed by atoms with E-state index in [2.05, 4.69) is 0 Å². The zero-order valence-electron chi connectivity index (χ0n) is 7.44. The van der Waals surface area contributed by atoms with Crippen LogP contribution in [0.1, 0.15) is 15.9 Å². The molecule has 1 rings (SSSR count). The maximum atomic E-state index is 13.2. The predicted molar refractivity (Wildman–Crippen MR) is 47.8 cm³/mol. The normalized spacial score (nSPS) is 9.33. The summed E-state index contributed by atoms with van der Waals surface area (Å²) >= 11 is 0. The molecule has 0 aliphatic heterocycles. The summed E-state index contributed by atoms with van der Waals surface area (Å²) in [7, 11) is 0. The van der Waals surface area contributed by atoms with E-state index in [0.717, 1.165) is 6.07 Å². The summed E-state index contributed by atoms with van der Waals surface area (Å²) in [6.45, 7) is 0. The highest BCUT2D eigenvalue weighted by Gasteiger charge is 2.15. The molecule has 0 radical (unpaired) electrons. The van der Waals surface area contributed by atoms with E-state index in [1.165, 1.54) is 0 Å². The van der Waals surface area contributed by atoms with Gasteiger partial charge >= 0.3 is 0 Å². The van der Waals surface area contributed by atoms with Crippen molar-refractivity contribution >= 4 is 12.0 Å². The first-order valence-corrected chi connectivity index (χ1v) is 3.89. The largest absolute Gasteiger partial charge is 0.298 e. The number of benzene rings is 1. The molecule has 76 valence electrons. The fourth-order valence-corrected chi connectivity index (χ4v) is 1.12. The molecule has 5 nitrogen and oxygen atoms in total. The van der Waals surface area contributed by atoms with Crippen molar-refractivity contribution in [2.75, 3.05) is 0 Å². The van der Waals surface area contributed by atoms with E-state index in [0.29, 0.717) is 12.4 Å². The van der Waals surface area contributed by atoms with Gasteiger partial charge in [0.1, 0.15) is 5.82 Å². The third kappa shape index (κ3) is 2.14. The van der Waals surface area contributed by atoms with E-state index in [4.69, 9.17) is 5.26 Å². The zero-order valence-corrected chi connectivity index (χ0v) is 7.44. The van der Waals surface area contributed by atoms with Gasteiger partial charge in [0.15, 0.2) is 6.29 Å². The quantitative estimate of drug-likeness (QED) is 0.429. The fraction of sp³-hybridized carbons (Fsp3) is 0.111. The van der Waals surface area contributed by atoms with Crippen LogP contribution in [0.3, 0.4) is 0 Å². The Morgan fingerprint density at radius 3 is 2.73 bits per heavy atom. The number of nitro groups is 1. The van der Waals surface area contributed by atoms with E-state index in [1.807, 2.05) is 0 Å². The molecule has 0 aliphatic carbocycles. The molecule has 1 aromatic carbocycles. The molecule has 0 amide bonds. The molecule has 0 spiro atoms. The molecule has 0 bridgehead atoms. The Hall–Kier alpha value is -2.29. The minimum atomic E-state index is -0.909. The van der Waals surface area contributed by atoms with Crippen LogP contribution in [0.15, 0.2) is 12.1 Å². The van der Waals surface area contributed by atoms with Crippen molar-refractivity contribution in [3.63, 3.8) is 0 Å². The van der Waals surface area contributed by atoms with Gasteiger partial charge in [-0.3, -0.25) is 14.9 Å². The van der Waals surface area contributed by atoms with E-state index < -0.39 is 16.4 Å². The van der Waals surface area contributed by atoms with E-state index >= 15 is 0 Å². The summed E-state index contributed by atoms with van der Waals surface area (Å²) in [6.07, 6.45) is 0.000649. The van der Waals surface area contributed by atoms with Crippen molar-refractivity contribution in [2.45, 2.75) is 6.42 Å². The van der Waals surface area contributed by atoms with Gasteiger partial charge in [-0.25, -0.2) is 4.39 Å². The molecule has 0 aromatic heterocycles. The molecule has 0 saturated carbocycles. The number of nitriles is 1. The van der Waals surface area contributed by atoms with Crippen LogP contribution in [0.25, 0.3) is 0 Å². The van der Waals surface area contributed by atoms with Gasteiger partial charge in [-0.1, -0.05) is 0 Å². The van der Waals surface area contributed by atoms with Gasteiger partial charge in [0, 0.05) is 17.2 Å². The van der Waals surface area contributed by atoms with Gasteiger partial charge in [0.25, 0.3) is 5.69 Å². The second-order valence-corrected chi connectivity index (χ2v) is 2.71. The predicted octanol–water partition coefficient (Wildman–Crippen LogP) is 1.61. The smallest absolute Gasteiger partial charge is 0.273 e. The molecular weight excluding hydrogens is 203 g/mol. The molecule has 0 heterocycles. The molecular formula is C9H5FN2O3. The maximum Gasteiger partial charge on any atom is 0.273 e. The monoisotopic (exact) mass is 208 g/mol. The number of carbonyl (C=O) groups is 1. The number of aldehydes is 1. The number of carbonyl (C=O) groups excluding carboxylic acids is 1. The molecule has 15 heavy (non-hydrogen) atoms. The Morgan fingerprint density at radius 2 is 2.27 bits per heavy atom. The average Bonchev–Trinajstić information content (AvgIpc) is 2.20. The molecule has 0 aliphatic rings. The summed E-state index contributed by atoms with van der Waals surface area (Å²) in [5.41, 5.74) is -0.780. The van der Waals surface area contributed by atoms with Crippen molar-refractivity contribution in [1.29, 1.82) is 5.26 Å². The summed E-state index contributed by atoms with van der Waals surface area (Å²) in [4.78, 5) is 20.1. The van der Waals surface area contributed by atoms with Crippen LogP contribution in [0, 0.1) is 27.3 Å². The third-order valence-electron chi connectivity index (χ3n) is 1.81. The van der Waals surface area contributed by atoms with Crippen LogP contribution in [-0.2, 0) is 6.42 Å². The first-order valence-electron chi connectivity index (χ1n) is 3.89. The van der Waals surface area contributed by atoms with Crippen LogP contribution in [0.5, 0.6) is 0 Å². The Bertz CT molecular complexity index is 465.